The van der Waals surface area contributed by atoms with Crippen molar-refractivity contribution in [3.63, 3.8) is 0 Å². The largest absolute Gasteiger partial charge is 0.466 e. The van der Waals surface area contributed by atoms with Crippen molar-refractivity contribution in [1.82, 2.24) is 4.90 Å². The summed E-state index contributed by atoms with van der Waals surface area (Å²) in [5, 5.41) is 0. The molecule has 16 heavy (non-hydrogen) atoms. The molecule has 0 radical (unpaired) electrons. The van der Waals surface area contributed by atoms with Crippen molar-refractivity contribution >= 4 is 5.97 Å². The highest BCUT2D eigenvalue weighted by Gasteiger charge is 2.23. The first-order valence-electron chi connectivity index (χ1n) is 6.17. The molecule has 0 saturated carbocycles. The molecule has 0 aromatic carbocycles. The SMILES string of the molecule is CCOC(=O)C(C)CN1CCOC(CC)C1. The van der Waals surface area contributed by atoms with Gasteiger partial charge in [0.2, 0.25) is 0 Å². The van der Waals surface area contributed by atoms with Gasteiger partial charge in [0.25, 0.3) is 0 Å². The van der Waals surface area contributed by atoms with Crippen molar-refractivity contribution in [2.45, 2.75) is 33.3 Å². The summed E-state index contributed by atoms with van der Waals surface area (Å²) in [6.45, 7) is 9.75. The van der Waals surface area contributed by atoms with E-state index in [1.165, 1.54) is 0 Å². The lowest BCUT2D eigenvalue weighted by molar-refractivity contribution is -0.148. The van der Waals surface area contributed by atoms with E-state index < -0.39 is 0 Å². The van der Waals surface area contributed by atoms with Crippen LogP contribution in [-0.2, 0) is 14.3 Å². The zero-order chi connectivity index (χ0) is 12.0. The minimum atomic E-state index is -0.0953. The predicted molar refractivity (Wildman–Crippen MR) is 62.3 cm³/mol. The van der Waals surface area contributed by atoms with Gasteiger partial charge in [-0.15, -0.1) is 0 Å². The summed E-state index contributed by atoms with van der Waals surface area (Å²) in [6, 6.07) is 0. The molecule has 94 valence electrons. The lowest BCUT2D eigenvalue weighted by Crippen LogP contribution is -2.45. The quantitative estimate of drug-likeness (QED) is 0.666. The Labute approximate surface area is 97.9 Å². The van der Waals surface area contributed by atoms with Crippen molar-refractivity contribution < 1.29 is 14.3 Å². The van der Waals surface area contributed by atoms with Gasteiger partial charge in [-0.2, -0.15) is 0 Å². The molecule has 0 N–H and O–H groups in total. The number of hydrogen-bond donors (Lipinski definition) is 0. The van der Waals surface area contributed by atoms with Gasteiger partial charge in [-0.1, -0.05) is 13.8 Å². The average Bonchev–Trinajstić information content (AvgIpc) is 2.29. The molecule has 1 fully saturated rings. The van der Waals surface area contributed by atoms with Crippen LogP contribution in [0.25, 0.3) is 0 Å². The number of carbonyl (C=O) groups is 1. The Morgan fingerprint density at radius 1 is 1.56 bits per heavy atom. The highest BCUT2D eigenvalue weighted by Crippen LogP contribution is 2.11. The molecule has 0 aliphatic carbocycles. The normalized spacial score (nSPS) is 24.1. The van der Waals surface area contributed by atoms with E-state index in [0.717, 1.165) is 32.7 Å². The van der Waals surface area contributed by atoms with E-state index in [9.17, 15) is 4.79 Å². The maximum absolute atomic E-state index is 11.5. The van der Waals surface area contributed by atoms with Crippen molar-refractivity contribution in [1.29, 1.82) is 0 Å². The van der Waals surface area contributed by atoms with Gasteiger partial charge in [0.1, 0.15) is 0 Å². The summed E-state index contributed by atoms with van der Waals surface area (Å²) in [7, 11) is 0. The third-order valence-corrected chi connectivity index (χ3v) is 2.90. The van der Waals surface area contributed by atoms with E-state index in [2.05, 4.69) is 11.8 Å². The molecule has 1 heterocycles. The van der Waals surface area contributed by atoms with Gasteiger partial charge >= 0.3 is 5.97 Å². The summed E-state index contributed by atoms with van der Waals surface area (Å²) in [5.41, 5.74) is 0. The Bertz CT molecular complexity index is 220. The maximum atomic E-state index is 11.5. The lowest BCUT2D eigenvalue weighted by Gasteiger charge is -2.33. The molecule has 1 aliphatic rings. The minimum Gasteiger partial charge on any atom is -0.466 e. The highest BCUT2D eigenvalue weighted by atomic mass is 16.5. The summed E-state index contributed by atoms with van der Waals surface area (Å²) in [4.78, 5) is 13.8. The first-order valence-corrected chi connectivity index (χ1v) is 6.17. The molecule has 2 unspecified atom stereocenters. The van der Waals surface area contributed by atoms with E-state index in [0.29, 0.717) is 12.7 Å². The molecule has 2 atom stereocenters. The standard InChI is InChI=1S/C12H23NO3/c1-4-11-9-13(6-7-16-11)8-10(3)12(14)15-5-2/h10-11H,4-9H2,1-3H3. The van der Waals surface area contributed by atoms with Crippen LogP contribution < -0.4 is 0 Å². The van der Waals surface area contributed by atoms with Crippen LogP contribution in [0.4, 0.5) is 0 Å². The molecule has 0 amide bonds. The van der Waals surface area contributed by atoms with Crippen molar-refractivity contribution in [3.8, 4) is 0 Å². The zero-order valence-corrected chi connectivity index (χ0v) is 10.6. The fourth-order valence-electron chi connectivity index (χ4n) is 1.94. The van der Waals surface area contributed by atoms with Gasteiger partial charge in [0.15, 0.2) is 0 Å². The number of morpholine rings is 1. The van der Waals surface area contributed by atoms with Crippen LogP contribution in [0.5, 0.6) is 0 Å². The average molecular weight is 229 g/mol. The topological polar surface area (TPSA) is 38.8 Å². The van der Waals surface area contributed by atoms with Crippen molar-refractivity contribution in [2.24, 2.45) is 5.92 Å². The molecule has 0 bridgehead atoms. The van der Waals surface area contributed by atoms with Crippen LogP contribution in [0.3, 0.4) is 0 Å². The second-order valence-corrected chi connectivity index (χ2v) is 4.31. The van der Waals surface area contributed by atoms with Gasteiger partial charge < -0.3 is 9.47 Å². The number of carbonyl (C=O) groups excluding carboxylic acids is 1. The molecule has 1 aliphatic heterocycles. The number of hydrogen-bond acceptors (Lipinski definition) is 4. The molecule has 4 heteroatoms. The second kappa shape index (κ2) is 6.86. The number of rotatable bonds is 5. The molecular weight excluding hydrogens is 206 g/mol. The van der Waals surface area contributed by atoms with Gasteiger partial charge in [-0.3, -0.25) is 9.69 Å². The summed E-state index contributed by atoms with van der Waals surface area (Å²) >= 11 is 0. The smallest absolute Gasteiger partial charge is 0.309 e. The molecule has 0 spiro atoms. The monoisotopic (exact) mass is 229 g/mol. The Balaban J connectivity index is 2.32. The zero-order valence-electron chi connectivity index (χ0n) is 10.6. The van der Waals surface area contributed by atoms with Crippen LogP contribution in [0.15, 0.2) is 0 Å². The maximum Gasteiger partial charge on any atom is 0.309 e. The van der Waals surface area contributed by atoms with Crippen LogP contribution in [0.2, 0.25) is 0 Å². The Morgan fingerprint density at radius 3 is 2.94 bits per heavy atom. The summed E-state index contributed by atoms with van der Waals surface area (Å²) in [6.07, 6.45) is 1.35. The van der Waals surface area contributed by atoms with E-state index in [1.807, 2.05) is 13.8 Å². The van der Waals surface area contributed by atoms with Crippen LogP contribution in [-0.4, -0.2) is 49.8 Å². The Hall–Kier alpha value is -0.610. The summed E-state index contributed by atoms with van der Waals surface area (Å²) in [5.74, 6) is -0.141. The molecule has 1 rings (SSSR count). The van der Waals surface area contributed by atoms with Gasteiger partial charge in [0.05, 0.1) is 25.2 Å². The lowest BCUT2D eigenvalue weighted by atomic mass is 10.1. The third-order valence-electron chi connectivity index (χ3n) is 2.90. The number of ether oxygens (including phenoxy) is 2. The predicted octanol–water partition coefficient (Wildman–Crippen LogP) is 1.30. The first kappa shape index (κ1) is 13.5. The third kappa shape index (κ3) is 4.10. The van der Waals surface area contributed by atoms with Crippen LogP contribution in [0, 0.1) is 5.92 Å². The fourth-order valence-corrected chi connectivity index (χ4v) is 1.94. The number of esters is 1. The molecule has 1 saturated heterocycles. The van der Waals surface area contributed by atoms with E-state index >= 15 is 0 Å². The van der Waals surface area contributed by atoms with Crippen LogP contribution in [0.1, 0.15) is 27.2 Å². The molecular formula is C12H23NO3. The Kier molecular flexibility index (Phi) is 5.77. The van der Waals surface area contributed by atoms with E-state index in [4.69, 9.17) is 9.47 Å². The first-order chi connectivity index (χ1) is 7.67. The molecule has 0 aromatic heterocycles. The van der Waals surface area contributed by atoms with E-state index in [-0.39, 0.29) is 11.9 Å². The molecule has 4 nitrogen and oxygen atoms in total. The second-order valence-electron chi connectivity index (χ2n) is 4.31. The molecule has 0 aromatic rings. The van der Waals surface area contributed by atoms with Gasteiger partial charge in [0, 0.05) is 19.6 Å². The highest BCUT2D eigenvalue weighted by molar-refractivity contribution is 5.72. The minimum absolute atomic E-state index is 0.0458. The summed E-state index contributed by atoms with van der Waals surface area (Å²) < 4.78 is 10.6. The van der Waals surface area contributed by atoms with Crippen LogP contribution >= 0.6 is 0 Å². The Morgan fingerprint density at radius 2 is 2.31 bits per heavy atom. The fraction of sp³-hybridized carbons (Fsp3) is 0.917. The van der Waals surface area contributed by atoms with Crippen molar-refractivity contribution in [3.05, 3.63) is 0 Å². The number of nitrogens with zero attached hydrogens (tertiary/aromatic N) is 1. The van der Waals surface area contributed by atoms with Gasteiger partial charge in [-0.05, 0) is 13.3 Å². The van der Waals surface area contributed by atoms with Crippen molar-refractivity contribution in [2.75, 3.05) is 32.8 Å². The van der Waals surface area contributed by atoms with Gasteiger partial charge in [-0.25, -0.2) is 0 Å². The van der Waals surface area contributed by atoms with E-state index in [1.54, 1.807) is 0 Å².